The number of sulfone groups is 1. The van der Waals surface area contributed by atoms with Crippen LogP contribution in [0, 0.1) is 11.3 Å². The Labute approximate surface area is 123 Å². The first-order valence-electron chi connectivity index (χ1n) is 5.92. The Kier molecular flexibility index (Phi) is 4.43. The zero-order valence-corrected chi connectivity index (χ0v) is 12.2. The van der Waals surface area contributed by atoms with Crippen molar-refractivity contribution in [1.82, 2.24) is 0 Å². The van der Waals surface area contributed by atoms with Gasteiger partial charge in [0.15, 0.2) is 9.84 Å². The number of benzene rings is 2. The second kappa shape index (κ2) is 6.08. The second-order valence-corrected chi connectivity index (χ2v) is 6.98. The van der Waals surface area contributed by atoms with Gasteiger partial charge in [0, 0.05) is 5.02 Å². The summed E-state index contributed by atoms with van der Waals surface area (Å²) in [5, 5.41) is 9.33. The third-order valence-corrected chi connectivity index (χ3v) is 4.50. The average Bonchev–Trinajstić information content (AvgIpc) is 2.37. The maximum atomic E-state index is 12.2. The largest absolute Gasteiger partial charge is 0.228 e. The molecule has 0 spiro atoms. The van der Waals surface area contributed by atoms with E-state index in [1.54, 1.807) is 48.5 Å². The van der Waals surface area contributed by atoms with Crippen LogP contribution in [0.3, 0.4) is 0 Å². The SMILES string of the molecule is N#Cc1cccc(CS(=O)(=O)Cc2cccc(Cl)c2)c1. The van der Waals surface area contributed by atoms with Crippen molar-refractivity contribution in [2.45, 2.75) is 11.5 Å². The highest BCUT2D eigenvalue weighted by Gasteiger charge is 2.13. The summed E-state index contributed by atoms with van der Waals surface area (Å²) in [5.74, 6) is -0.153. The highest BCUT2D eigenvalue weighted by Crippen LogP contribution is 2.16. The lowest BCUT2D eigenvalue weighted by Crippen LogP contribution is -2.07. The summed E-state index contributed by atoms with van der Waals surface area (Å²) >= 11 is 5.84. The van der Waals surface area contributed by atoms with E-state index < -0.39 is 9.84 Å². The van der Waals surface area contributed by atoms with E-state index in [0.29, 0.717) is 21.7 Å². The quantitative estimate of drug-likeness (QED) is 0.870. The highest BCUT2D eigenvalue weighted by molar-refractivity contribution is 7.89. The molecule has 0 saturated carbocycles. The first-order valence-corrected chi connectivity index (χ1v) is 8.12. The standard InChI is InChI=1S/C15H12ClNO2S/c16-15-6-2-5-14(8-15)11-20(18,19)10-13-4-1-3-12(7-13)9-17/h1-8H,10-11H2. The maximum absolute atomic E-state index is 12.2. The van der Waals surface area contributed by atoms with Crippen LogP contribution in [-0.2, 0) is 21.3 Å². The van der Waals surface area contributed by atoms with Gasteiger partial charge in [0.2, 0.25) is 0 Å². The van der Waals surface area contributed by atoms with E-state index in [9.17, 15) is 8.42 Å². The van der Waals surface area contributed by atoms with Gasteiger partial charge in [0.05, 0.1) is 23.1 Å². The molecule has 0 unspecified atom stereocenters. The molecule has 0 amide bonds. The summed E-state index contributed by atoms with van der Waals surface area (Å²) in [6.45, 7) is 0. The maximum Gasteiger partial charge on any atom is 0.158 e. The summed E-state index contributed by atoms with van der Waals surface area (Å²) in [5.41, 5.74) is 1.74. The van der Waals surface area contributed by atoms with Gasteiger partial charge in [0.25, 0.3) is 0 Å². The van der Waals surface area contributed by atoms with Gasteiger partial charge in [-0.05, 0) is 35.4 Å². The Morgan fingerprint density at radius 2 is 1.60 bits per heavy atom. The van der Waals surface area contributed by atoms with Crippen molar-refractivity contribution in [3.05, 3.63) is 70.2 Å². The van der Waals surface area contributed by atoms with E-state index in [1.165, 1.54) is 0 Å². The molecule has 102 valence electrons. The van der Waals surface area contributed by atoms with Gasteiger partial charge in [0.1, 0.15) is 0 Å². The molecule has 3 nitrogen and oxygen atoms in total. The number of hydrogen-bond acceptors (Lipinski definition) is 3. The number of halogens is 1. The molecule has 0 heterocycles. The van der Waals surface area contributed by atoms with E-state index in [-0.39, 0.29) is 11.5 Å². The molecular weight excluding hydrogens is 294 g/mol. The average molecular weight is 306 g/mol. The van der Waals surface area contributed by atoms with Crippen molar-refractivity contribution in [3.8, 4) is 6.07 Å². The second-order valence-electron chi connectivity index (χ2n) is 4.47. The fourth-order valence-corrected chi connectivity index (χ4v) is 3.61. The lowest BCUT2D eigenvalue weighted by Gasteiger charge is -2.05. The topological polar surface area (TPSA) is 57.9 Å². The third-order valence-electron chi connectivity index (χ3n) is 2.72. The Morgan fingerprint density at radius 1 is 1.00 bits per heavy atom. The molecule has 0 saturated heterocycles. The van der Waals surface area contributed by atoms with E-state index in [2.05, 4.69) is 0 Å². The summed E-state index contributed by atoms with van der Waals surface area (Å²) in [4.78, 5) is 0. The zero-order valence-electron chi connectivity index (χ0n) is 10.6. The normalized spacial score (nSPS) is 11.0. The summed E-state index contributed by atoms with van der Waals surface area (Å²) in [6, 6.07) is 15.4. The fourth-order valence-electron chi connectivity index (χ4n) is 1.92. The number of hydrogen-bond donors (Lipinski definition) is 0. The van der Waals surface area contributed by atoms with Gasteiger partial charge in [-0.15, -0.1) is 0 Å². The molecule has 0 radical (unpaired) electrons. The van der Waals surface area contributed by atoms with Crippen molar-refractivity contribution in [2.75, 3.05) is 0 Å². The number of rotatable bonds is 4. The van der Waals surface area contributed by atoms with Crippen molar-refractivity contribution in [3.63, 3.8) is 0 Å². The zero-order chi connectivity index (χ0) is 14.6. The molecule has 2 aromatic rings. The number of nitriles is 1. The molecule has 0 N–H and O–H groups in total. The van der Waals surface area contributed by atoms with E-state index in [0.717, 1.165) is 0 Å². The van der Waals surface area contributed by atoms with Crippen LogP contribution in [0.1, 0.15) is 16.7 Å². The molecule has 0 aliphatic rings. The molecule has 0 aliphatic heterocycles. The minimum Gasteiger partial charge on any atom is -0.228 e. The first kappa shape index (κ1) is 14.6. The molecule has 2 aromatic carbocycles. The Hall–Kier alpha value is -1.83. The molecular formula is C15H12ClNO2S. The smallest absolute Gasteiger partial charge is 0.158 e. The van der Waals surface area contributed by atoms with Crippen LogP contribution in [0.15, 0.2) is 48.5 Å². The Bertz CT molecular complexity index is 763. The van der Waals surface area contributed by atoms with Crippen LogP contribution in [0.4, 0.5) is 0 Å². The highest BCUT2D eigenvalue weighted by atomic mass is 35.5. The Balaban J connectivity index is 2.17. The predicted molar refractivity (Wildman–Crippen MR) is 78.9 cm³/mol. The molecule has 0 atom stereocenters. The van der Waals surface area contributed by atoms with Crippen LogP contribution in [0.25, 0.3) is 0 Å². The first-order chi connectivity index (χ1) is 9.48. The Morgan fingerprint density at radius 3 is 2.20 bits per heavy atom. The van der Waals surface area contributed by atoms with Gasteiger partial charge in [-0.3, -0.25) is 0 Å². The fraction of sp³-hybridized carbons (Fsp3) is 0.133. The molecule has 0 fully saturated rings. The van der Waals surface area contributed by atoms with Crippen molar-refractivity contribution in [2.24, 2.45) is 0 Å². The van der Waals surface area contributed by atoms with Crippen molar-refractivity contribution >= 4 is 21.4 Å². The van der Waals surface area contributed by atoms with E-state index in [4.69, 9.17) is 16.9 Å². The predicted octanol–water partition coefficient (Wildman–Crippen LogP) is 3.33. The molecule has 20 heavy (non-hydrogen) atoms. The van der Waals surface area contributed by atoms with Crippen LogP contribution >= 0.6 is 11.6 Å². The molecule has 5 heteroatoms. The van der Waals surface area contributed by atoms with Crippen LogP contribution < -0.4 is 0 Å². The minimum absolute atomic E-state index is 0.0651. The van der Waals surface area contributed by atoms with Crippen LogP contribution in [-0.4, -0.2) is 8.42 Å². The summed E-state index contributed by atoms with van der Waals surface area (Å²) < 4.78 is 24.3. The summed E-state index contributed by atoms with van der Waals surface area (Å²) in [6.07, 6.45) is 0. The monoisotopic (exact) mass is 305 g/mol. The third kappa shape index (κ3) is 4.09. The van der Waals surface area contributed by atoms with Gasteiger partial charge in [-0.25, -0.2) is 8.42 Å². The number of nitrogens with zero attached hydrogens (tertiary/aromatic N) is 1. The molecule has 2 rings (SSSR count). The lowest BCUT2D eigenvalue weighted by atomic mass is 10.2. The minimum atomic E-state index is -3.30. The summed E-state index contributed by atoms with van der Waals surface area (Å²) in [7, 11) is -3.30. The van der Waals surface area contributed by atoms with Gasteiger partial charge in [-0.1, -0.05) is 35.9 Å². The lowest BCUT2D eigenvalue weighted by molar-refractivity contribution is 0.594. The molecule has 0 bridgehead atoms. The van der Waals surface area contributed by atoms with Crippen LogP contribution in [0.2, 0.25) is 5.02 Å². The van der Waals surface area contributed by atoms with Gasteiger partial charge < -0.3 is 0 Å². The van der Waals surface area contributed by atoms with Gasteiger partial charge >= 0.3 is 0 Å². The van der Waals surface area contributed by atoms with E-state index >= 15 is 0 Å². The van der Waals surface area contributed by atoms with Crippen molar-refractivity contribution in [1.29, 1.82) is 5.26 Å². The molecule has 0 aliphatic carbocycles. The van der Waals surface area contributed by atoms with E-state index in [1.807, 2.05) is 6.07 Å². The van der Waals surface area contributed by atoms with Crippen molar-refractivity contribution < 1.29 is 8.42 Å². The van der Waals surface area contributed by atoms with Gasteiger partial charge in [-0.2, -0.15) is 5.26 Å². The van der Waals surface area contributed by atoms with Crippen LogP contribution in [0.5, 0.6) is 0 Å². The molecule has 0 aromatic heterocycles.